The molecule has 0 aliphatic rings. The van der Waals surface area contributed by atoms with E-state index in [9.17, 15) is 0 Å². The average Bonchev–Trinajstić information content (AvgIpc) is 3.75. The van der Waals surface area contributed by atoms with E-state index in [4.69, 9.17) is 9.97 Å². The molecule has 2 heterocycles. The van der Waals surface area contributed by atoms with E-state index < -0.39 is 0 Å². The average molecular weight is 854 g/mol. The molecule has 67 heavy (non-hydrogen) atoms. The van der Waals surface area contributed by atoms with Gasteiger partial charge < -0.3 is 4.57 Å². The minimum atomic E-state index is 0.667. The van der Waals surface area contributed by atoms with Crippen LogP contribution in [0.25, 0.3) is 117 Å². The lowest BCUT2D eigenvalue weighted by Gasteiger charge is -2.20. The molecule has 0 saturated carbocycles. The highest BCUT2D eigenvalue weighted by molar-refractivity contribution is 6.11. The Morgan fingerprint density at radius 1 is 0.254 bits per heavy atom. The fourth-order valence-corrected chi connectivity index (χ4v) is 9.55. The topological polar surface area (TPSA) is 30.7 Å². The molecule has 0 aliphatic carbocycles. The van der Waals surface area contributed by atoms with Crippen LogP contribution in [0.5, 0.6) is 0 Å². The summed E-state index contributed by atoms with van der Waals surface area (Å²) < 4.78 is 2.38. The molecule has 0 unspecified atom stereocenters. The quantitative estimate of drug-likeness (QED) is 0.145. The van der Waals surface area contributed by atoms with E-state index in [1.807, 2.05) is 0 Å². The number of aromatic nitrogens is 3. The maximum atomic E-state index is 5.54. The van der Waals surface area contributed by atoms with Crippen molar-refractivity contribution in [2.75, 3.05) is 0 Å². The Balaban J connectivity index is 1.11. The molecule has 0 bridgehead atoms. The monoisotopic (exact) mass is 853 g/mol. The number of nitrogens with zero attached hydrogens (tertiary/aromatic N) is 3. The Hall–Kier alpha value is -8.92. The Kier molecular flexibility index (Phi) is 10.2. The highest BCUT2D eigenvalue weighted by Gasteiger charge is 2.22. The summed E-state index contributed by atoms with van der Waals surface area (Å²) in [6.07, 6.45) is 0. The van der Waals surface area contributed by atoms with Crippen LogP contribution in [0.3, 0.4) is 0 Å². The number of para-hydroxylation sites is 2. The van der Waals surface area contributed by atoms with E-state index in [0.717, 1.165) is 78.3 Å². The van der Waals surface area contributed by atoms with Crippen LogP contribution in [-0.4, -0.2) is 14.5 Å². The molecule has 0 spiro atoms. The number of rotatable bonds is 9. The van der Waals surface area contributed by atoms with E-state index in [0.29, 0.717) is 5.82 Å². The summed E-state index contributed by atoms with van der Waals surface area (Å²) in [5, 5.41) is 2.41. The molecular formula is C64H43N3. The van der Waals surface area contributed by atoms with Crippen molar-refractivity contribution >= 4 is 21.8 Å². The molecule has 314 valence electrons. The first-order chi connectivity index (χ1) is 33.2. The van der Waals surface area contributed by atoms with Crippen molar-refractivity contribution in [2.24, 2.45) is 0 Å². The molecule has 0 radical (unpaired) electrons. The van der Waals surface area contributed by atoms with Crippen LogP contribution in [0.1, 0.15) is 0 Å². The van der Waals surface area contributed by atoms with Crippen molar-refractivity contribution in [3.8, 4) is 95.2 Å². The van der Waals surface area contributed by atoms with Crippen molar-refractivity contribution in [3.05, 3.63) is 261 Å². The smallest absolute Gasteiger partial charge is 0.160 e. The van der Waals surface area contributed by atoms with Crippen LogP contribution in [0.15, 0.2) is 261 Å². The van der Waals surface area contributed by atoms with Gasteiger partial charge in [0.2, 0.25) is 0 Å². The summed E-state index contributed by atoms with van der Waals surface area (Å²) in [5.41, 5.74) is 19.6. The predicted octanol–water partition coefficient (Wildman–Crippen LogP) is 16.9. The molecule has 3 nitrogen and oxygen atoms in total. The van der Waals surface area contributed by atoms with Gasteiger partial charge in [0.25, 0.3) is 0 Å². The molecule has 0 atom stereocenters. The fraction of sp³-hybridized carbons (Fsp3) is 0. The van der Waals surface area contributed by atoms with Gasteiger partial charge in [-0.2, -0.15) is 0 Å². The van der Waals surface area contributed by atoms with E-state index in [-0.39, 0.29) is 0 Å². The van der Waals surface area contributed by atoms with E-state index in [1.165, 1.54) is 32.9 Å². The van der Waals surface area contributed by atoms with Crippen molar-refractivity contribution in [1.82, 2.24) is 14.5 Å². The van der Waals surface area contributed by atoms with Gasteiger partial charge in [-0.15, -0.1) is 0 Å². The Labute approximate surface area is 390 Å². The highest BCUT2D eigenvalue weighted by Crippen LogP contribution is 2.45. The second-order valence-corrected chi connectivity index (χ2v) is 16.9. The van der Waals surface area contributed by atoms with Gasteiger partial charge in [0.1, 0.15) is 0 Å². The largest absolute Gasteiger partial charge is 0.309 e. The first-order valence-corrected chi connectivity index (χ1v) is 22.8. The zero-order valence-electron chi connectivity index (χ0n) is 36.7. The number of hydrogen-bond donors (Lipinski definition) is 0. The van der Waals surface area contributed by atoms with Crippen molar-refractivity contribution < 1.29 is 0 Å². The normalized spacial score (nSPS) is 11.3. The molecule has 0 amide bonds. The van der Waals surface area contributed by atoms with Crippen molar-refractivity contribution in [2.45, 2.75) is 0 Å². The number of hydrogen-bond acceptors (Lipinski definition) is 2. The van der Waals surface area contributed by atoms with Gasteiger partial charge in [-0.25, -0.2) is 9.97 Å². The molecule has 0 fully saturated rings. The summed E-state index contributed by atoms with van der Waals surface area (Å²) in [6, 6.07) is 93.1. The second-order valence-electron chi connectivity index (χ2n) is 16.9. The first kappa shape index (κ1) is 39.7. The minimum absolute atomic E-state index is 0.667. The molecule has 2 aromatic heterocycles. The van der Waals surface area contributed by atoms with Crippen molar-refractivity contribution in [3.63, 3.8) is 0 Å². The molecular weight excluding hydrogens is 811 g/mol. The van der Waals surface area contributed by atoms with Gasteiger partial charge in [-0.05, 0) is 104 Å². The van der Waals surface area contributed by atoms with Gasteiger partial charge in [-0.1, -0.05) is 212 Å². The minimum Gasteiger partial charge on any atom is -0.309 e. The molecule has 0 N–H and O–H groups in total. The van der Waals surface area contributed by atoms with Crippen LogP contribution in [0, 0.1) is 0 Å². The van der Waals surface area contributed by atoms with Gasteiger partial charge >= 0.3 is 0 Å². The number of benzene rings is 10. The summed E-state index contributed by atoms with van der Waals surface area (Å²) >= 11 is 0. The highest BCUT2D eigenvalue weighted by atomic mass is 15.0. The van der Waals surface area contributed by atoms with Crippen LogP contribution in [0.4, 0.5) is 0 Å². The van der Waals surface area contributed by atoms with Crippen LogP contribution in [-0.2, 0) is 0 Å². The van der Waals surface area contributed by atoms with Gasteiger partial charge in [0, 0.05) is 33.2 Å². The summed E-state index contributed by atoms with van der Waals surface area (Å²) in [7, 11) is 0. The van der Waals surface area contributed by atoms with Crippen LogP contribution >= 0.6 is 0 Å². The number of fused-ring (bicyclic) bond motifs is 3. The SMILES string of the molecule is c1ccc(-c2ccc(-c3cc(-c4cc(-c5ccccc5)cc(-c5ccc6c(c5)c5ccccc5n6-c5ccccc5)c4-c4ccccc4)nc(-c4ccc(-c5ccccc5)cc4)n3)cc2)cc1. The summed E-state index contributed by atoms with van der Waals surface area (Å²) in [4.78, 5) is 10.9. The van der Waals surface area contributed by atoms with E-state index >= 15 is 0 Å². The molecule has 12 rings (SSSR count). The third kappa shape index (κ3) is 7.59. The maximum absolute atomic E-state index is 5.54. The second kappa shape index (κ2) is 17.2. The molecule has 12 aromatic rings. The third-order valence-electron chi connectivity index (χ3n) is 12.8. The lowest BCUT2D eigenvalue weighted by atomic mass is 9.85. The zero-order chi connectivity index (χ0) is 44.5. The molecule has 0 saturated heterocycles. The van der Waals surface area contributed by atoms with Crippen molar-refractivity contribution in [1.29, 1.82) is 0 Å². The van der Waals surface area contributed by atoms with Gasteiger partial charge in [0.15, 0.2) is 5.82 Å². The lowest BCUT2D eigenvalue weighted by Crippen LogP contribution is -1.99. The molecule has 0 aliphatic heterocycles. The lowest BCUT2D eigenvalue weighted by molar-refractivity contribution is 1.18. The maximum Gasteiger partial charge on any atom is 0.160 e. The summed E-state index contributed by atoms with van der Waals surface area (Å²) in [5.74, 6) is 0.667. The Morgan fingerprint density at radius 2 is 0.687 bits per heavy atom. The standard InChI is InChI=1S/C64H43N3/c1-6-18-44(19-7-1)47-30-34-49(35-31-47)59-43-60(66-64(65-59)51-36-32-48(33-37-51)45-20-8-2-9-21-45)58-42-53(46-22-10-3-11-23-46)41-56(63(58)50-24-12-4-13-25-50)52-38-39-62-57(40-52)55-28-16-17-29-61(55)67(62)54-26-14-5-15-27-54/h1-43H. The van der Waals surface area contributed by atoms with Crippen LogP contribution in [0.2, 0.25) is 0 Å². The predicted molar refractivity (Wildman–Crippen MR) is 280 cm³/mol. The Bertz CT molecular complexity index is 3580. The Morgan fingerprint density at radius 3 is 1.30 bits per heavy atom. The van der Waals surface area contributed by atoms with Gasteiger partial charge in [-0.3, -0.25) is 0 Å². The molecule has 3 heteroatoms. The first-order valence-electron chi connectivity index (χ1n) is 22.8. The summed E-state index contributed by atoms with van der Waals surface area (Å²) in [6.45, 7) is 0. The fourth-order valence-electron chi connectivity index (χ4n) is 9.55. The van der Waals surface area contributed by atoms with Crippen LogP contribution < -0.4 is 0 Å². The third-order valence-corrected chi connectivity index (χ3v) is 12.8. The van der Waals surface area contributed by atoms with Gasteiger partial charge in [0.05, 0.1) is 22.4 Å². The van der Waals surface area contributed by atoms with E-state index in [2.05, 4.69) is 265 Å². The zero-order valence-corrected chi connectivity index (χ0v) is 36.7. The van der Waals surface area contributed by atoms with E-state index in [1.54, 1.807) is 0 Å². The molecule has 10 aromatic carbocycles.